The predicted octanol–water partition coefficient (Wildman–Crippen LogP) is 28.8. The van der Waals surface area contributed by atoms with E-state index < -0.39 is 20.2 Å². The third-order valence-corrected chi connectivity index (χ3v) is 22.8. The molecule has 0 aliphatic carbocycles. The van der Waals surface area contributed by atoms with E-state index in [1.54, 1.807) is 12.1 Å². The van der Waals surface area contributed by atoms with Crippen molar-refractivity contribution >= 4 is 90.7 Å². The first-order valence-electron chi connectivity index (χ1n) is 41.9. The van der Waals surface area contributed by atoms with Crippen molar-refractivity contribution in [2.45, 2.75) is 448 Å². The molecule has 0 saturated carbocycles. The third-order valence-electron chi connectivity index (χ3n) is 20.9. The summed E-state index contributed by atoms with van der Waals surface area (Å²) in [5.74, 6) is 0. The van der Waals surface area contributed by atoms with Gasteiger partial charge in [0, 0.05) is 0 Å². The molecule has 0 bridgehead atoms. The smallest absolute Gasteiger partial charge is 0.744 e. The van der Waals surface area contributed by atoms with Crippen molar-refractivity contribution < 1.29 is 25.9 Å². The van der Waals surface area contributed by atoms with Crippen LogP contribution in [0.2, 0.25) is 0 Å². The number of hydrogen-bond donors (Lipinski definition) is 0. The van der Waals surface area contributed by atoms with Crippen LogP contribution >= 0.6 is 0 Å². The van der Waals surface area contributed by atoms with Crippen LogP contribution in [0.1, 0.15) is 435 Å². The second-order valence-electron chi connectivity index (χ2n) is 30.0. The summed E-state index contributed by atoms with van der Waals surface area (Å²) in [6.07, 6.45) is 83.8. The summed E-state index contributed by atoms with van der Waals surface area (Å²) < 4.78 is 72.8. The maximum absolute atomic E-state index is 12.1. The van der Waals surface area contributed by atoms with Gasteiger partial charge in [0.1, 0.15) is 20.2 Å². The zero-order valence-electron chi connectivity index (χ0n) is 64.0. The summed E-state index contributed by atoms with van der Waals surface area (Å²) >= 11 is 0. The molecule has 6 nitrogen and oxygen atoms in total. The summed E-state index contributed by atoms with van der Waals surface area (Å²) in [6.45, 7) is 9.12. The minimum Gasteiger partial charge on any atom is -0.744 e. The molecule has 0 heterocycles. The van der Waals surface area contributed by atoms with Crippen molar-refractivity contribution in [2.75, 3.05) is 0 Å². The van der Waals surface area contributed by atoms with Gasteiger partial charge >= 0.3 is 48.9 Å². The molecule has 0 fully saturated rings. The Labute approximate surface area is 642 Å². The molecule has 4 rings (SSSR count). The first-order valence-corrected chi connectivity index (χ1v) is 44.8. The van der Waals surface area contributed by atoms with Gasteiger partial charge in [0.15, 0.2) is 0 Å². The Morgan fingerprint density at radius 1 is 0.216 bits per heavy atom. The summed E-state index contributed by atoms with van der Waals surface area (Å²) in [5, 5.41) is 3.84. The second kappa shape index (κ2) is 63.3. The van der Waals surface area contributed by atoms with Gasteiger partial charge in [-0.15, -0.1) is 0 Å². The standard InChI is InChI=1S/2C44H76O3S.Ba/c2*1-3-5-7-9-11-13-15-17-19-21-23-25-27-29-31-33-40-35-36-41-39-44(48(45,46)47)42(38-43(41)37-40)34-32-30-28-26-24-22-20-18-16-14-12-10-8-6-4-2;/h2*35-39H,3-34H2,1-2H3,(H,45,46,47);/q;;+2/p-2. The van der Waals surface area contributed by atoms with E-state index in [4.69, 9.17) is 0 Å². The van der Waals surface area contributed by atoms with Crippen molar-refractivity contribution in [3.8, 4) is 0 Å². The topological polar surface area (TPSA) is 114 Å². The Kier molecular flexibility index (Phi) is 59.9. The normalized spacial score (nSPS) is 11.9. The molecule has 0 radical (unpaired) electrons. The van der Waals surface area contributed by atoms with Crippen molar-refractivity contribution in [3.63, 3.8) is 0 Å². The van der Waals surface area contributed by atoms with E-state index in [1.807, 2.05) is 24.3 Å². The van der Waals surface area contributed by atoms with Gasteiger partial charge in [-0.1, -0.05) is 424 Å². The molecule has 0 saturated heterocycles. The van der Waals surface area contributed by atoms with E-state index in [0.717, 1.165) is 60.1 Å². The molecule has 4 aromatic carbocycles. The van der Waals surface area contributed by atoms with E-state index in [0.29, 0.717) is 24.0 Å². The quantitative estimate of drug-likeness (QED) is 0.0247. The maximum Gasteiger partial charge on any atom is 2.00 e. The first-order chi connectivity index (χ1) is 46.9. The van der Waals surface area contributed by atoms with Crippen molar-refractivity contribution in [1.29, 1.82) is 0 Å². The zero-order valence-corrected chi connectivity index (χ0v) is 70.1. The van der Waals surface area contributed by atoms with Crippen LogP contribution in [0.15, 0.2) is 70.5 Å². The summed E-state index contributed by atoms with van der Waals surface area (Å²) in [4.78, 5) is -0.0361. The molecule has 0 aliphatic rings. The molecule has 552 valence electrons. The van der Waals surface area contributed by atoms with E-state index in [2.05, 4.69) is 52.0 Å². The van der Waals surface area contributed by atoms with Gasteiger partial charge in [-0.25, -0.2) is 16.8 Å². The van der Waals surface area contributed by atoms with Crippen LogP contribution in [0.5, 0.6) is 0 Å². The van der Waals surface area contributed by atoms with E-state index in [1.165, 1.54) is 371 Å². The zero-order chi connectivity index (χ0) is 69.1. The molecule has 0 amide bonds. The molecule has 0 N–H and O–H groups in total. The molecular weight excluding hydrogens is 1350 g/mol. The molecule has 4 aromatic rings. The average molecular weight is 1510 g/mol. The Balaban J connectivity index is 0.000000653. The number of hydrogen-bond acceptors (Lipinski definition) is 6. The van der Waals surface area contributed by atoms with Gasteiger partial charge in [-0.3, -0.25) is 0 Å². The summed E-state index contributed by atoms with van der Waals surface area (Å²) in [5.41, 5.74) is 4.04. The molecule has 0 spiro atoms. The van der Waals surface area contributed by atoms with Crippen LogP contribution in [0.3, 0.4) is 0 Å². The van der Waals surface area contributed by atoms with E-state index in [9.17, 15) is 25.9 Å². The van der Waals surface area contributed by atoms with E-state index >= 15 is 0 Å². The van der Waals surface area contributed by atoms with E-state index in [-0.39, 0.29) is 58.7 Å². The van der Waals surface area contributed by atoms with Crippen LogP contribution < -0.4 is 0 Å². The van der Waals surface area contributed by atoms with Gasteiger partial charge in [0.2, 0.25) is 0 Å². The van der Waals surface area contributed by atoms with Crippen LogP contribution in [-0.2, 0) is 45.9 Å². The first kappa shape index (κ1) is 91.9. The van der Waals surface area contributed by atoms with Crippen molar-refractivity contribution in [2.24, 2.45) is 0 Å². The van der Waals surface area contributed by atoms with Crippen molar-refractivity contribution in [3.05, 3.63) is 82.9 Å². The molecule has 0 unspecified atom stereocenters. The van der Waals surface area contributed by atoms with Gasteiger partial charge < -0.3 is 9.11 Å². The van der Waals surface area contributed by atoms with Gasteiger partial charge in [0.25, 0.3) is 0 Å². The Hall–Kier alpha value is -1.21. The molecule has 0 aliphatic heterocycles. The SMILES string of the molecule is CCCCCCCCCCCCCCCCCc1ccc2cc(S(=O)(=O)[O-])c(CCCCCCCCCCCCCCCCC)cc2c1.CCCCCCCCCCCCCCCCCc1ccc2cc(S(=O)(=O)[O-])c(CCCCCCCCCCCCCCCCC)cc2c1.[Ba+2]. The number of benzene rings is 4. The van der Waals surface area contributed by atoms with Crippen LogP contribution in [0.4, 0.5) is 0 Å². The third kappa shape index (κ3) is 49.2. The number of unbranched alkanes of at least 4 members (excludes halogenated alkanes) is 56. The van der Waals surface area contributed by atoms with Crippen LogP contribution in [-0.4, -0.2) is 74.8 Å². The monoisotopic (exact) mass is 1500 g/mol. The van der Waals surface area contributed by atoms with Crippen LogP contribution in [0, 0.1) is 0 Å². The average Bonchev–Trinajstić information content (AvgIpc) is 2.20. The Morgan fingerprint density at radius 2 is 0.392 bits per heavy atom. The summed E-state index contributed by atoms with van der Waals surface area (Å²) in [6, 6.07) is 19.9. The number of fused-ring (bicyclic) bond motifs is 2. The maximum atomic E-state index is 12.1. The van der Waals surface area contributed by atoms with Gasteiger partial charge in [-0.05, 0) is 119 Å². The molecule has 97 heavy (non-hydrogen) atoms. The Bertz CT molecular complexity index is 2500. The molecule has 0 aromatic heterocycles. The van der Waals surface area contributed by atoms with Gasteiger partial charge in [-0.2, -0.15) is 0 Å². The number of aryl methyl sites for hydroxylation is 4. The number of rotatable bonds is 66. The minimum absolute atomic E-state index is 0. The fourth-order valence-electron chi connectivity index (χ4n) is 14.7. The van der Waals surface area contributed by atoms with Crippen molar-refractivity contribution in [1.82, 2.24) is 0 Å². The second-order valence-corrected chi connectivity index (χ2v) is 32.7. The van der Waals surface area contributed by atoms with Crippen LogP contribution in [0.25, 0.3) is 21.5 Å². The summed E-state index contributed by atoms with van der Waals surface area (Å²) in [7, 11) is -8.99. The fraction of sp³-hybridized carbons (Fsp3) is 0.773. The largest absolute Gasteiger partial charge is 2.00 e. The van der Waals surface area contributed by atoms with Gasteiger partial charge in [0.05, 0.1) is 9.79 Å². The molecule has 9 heteroatoms. The fourth-order valence-corrected chi connectivity index (χ4v) is 16.2. The molecule has 0 atom stereocenters. The molecular formula is C88H150BaO6S2. The Morgan fingerprint density at radius 3 is 0.577 bits per heavy atom. The minimum atomic E-state index is -4.49. The predicted molar refractivity (Wildman–Crippen MR) is 424 cm³/mol.